The molecular weight excluding hydrogens is 190 g/mol. The number of rotatable bonds is 7. The van der Waals surface area contributed by atoms with Crippen LogP contribution in [0.5, 0.6) is 0 Å². The van der Waals surface area contributed by atoms with Gasteiger partial charge in [0.05, 0.1) is 6.61 Å². The molecule has 90 valence electrons. The molecule has 0 aromatic rings. The molecule has 0 bridgehead atoms. The van der Waals surface area contributed by atoms with Crippen LogP contribution >= 0.6 is 0 Å². The van der Waals surface area contributed by atoms with Crippen LogP contribution in [0.25, 0.3) is 0 Å². The van der Waals surface area contributed by atoms with E-state index in [9.17, 15) is 0 Å². The molecule has 0 aromatic carbocycles. The Hall–Kier alpha value is -0.120. The second kappa shape index (κ2) is 8.08. The third kappa shape index (κ3) is 6.13. The summed E-state index contributed by atoms with van der Waals surface area (Å²) >= 11 is 0. The smallest absolute Gasteiger partial charge is 0.0591 e. The molecule has 1 unspecified atom stereocenters. The van der Waals surface area contributed by atoms with Crippen molar-refractivity contribution in [3.63, 3.8) is 0 Å². The first-order chi connectivity index (χ1) is 7.33. The maximum Gasteiger partial charge on any atom is 0.0591 e. The van der Waals surface area contributed by atoms with Crippen molar-refractivity contribution in [1.29, 1.82) is 0 Å². The van der Waals surface area contributed by atoms with E-state index in [0.717, 1.165) is 38.9 Å². The summed E-state index contributed by atoms with van der Waals surface area (Å²) in [6.07, 6.45) is 3.51. The van der Waals surface area contributed by atoms with Crippen molar-refractivity contribution in [2.75, 3.05) is 33.0 Å². The van der Waals surface area contributed by atoms with E-state index in [1.807, 2.05) is 0 Å². The minimum absolute atomic E-state index is 0.608. The highest BCUT2D eigenvalue weighted by Gasteiger charge is 2.13. The van der Waals surface area contributed by atoms with Gasteiger partial charge in [-0.05, 0) is 32.1 Å². The van der Waals surface area contributed by atoms with Gasteiger partial charge < -0.3 is 14.8 Å². The van der Waals surface area contributed by atoms with E-state index < -0.39 is 0 Å². The molecule has 15 heavy (non-hydrogen) atoms. The highest BCUT2D eigenvalue weighted by Crippen LogP contribution is 2.14. The molecule has 0 spiro atoms. The van der Waals surface area contributed by atoms with Gasteiger partial charge in [-0.2, -0.15) is 0 Å². The minimum atomic E-state index is 0.608. The summed E-state index contributed by atoms with van der Waals surface area (Å²) in [5.41, 5.74) is 0. The first kappa shape index (κ1) is 12.9. The quantitative estimate of drug-likeness (QED) is 0.657. The Balaban J connectivity index is 1.87. The molecule has 1 atom stereocenters. The highest BCUT2D eigenvalue weighted by atomic mass is 16.5. The lowest BCUT2D eigenvalue weighted by molar-refractivity contribution is 0.0211. The van der Waals surface area contributed by atoms with Crippen LogP contribution in [0.3, 0.4) is 0 Å². The van der Waals surface area contributed by atoms with Gasteiger partial charge in [-0.15, -0.1) is 0 Å². The predicted molar refractivity (Wildman–Crippen MR) is 62.1 cm³/mol. The number of hydrogen-bond donors (Lipinski definition) is 1. The summed E-state index contributed by atoms with van der Waals surface area (Å²) in [5, 5.41) is 3.42. The normalized spacial score (nSPS) is 20.4. The van der Waals surface area contributed by atoms with Gasteiger partial charge in [-0.1, -0.05) is 6.92 Å². The van der Waals surface area contributed by atoms with Gasteiger partial charge in [0.25, 0.3) is 0 Å². The predicted octanol–water partition coefficient (Wildman–Crippen LogP) is 1.82. The van der Waals surface area contributed by atoms with Crippen LogP contribution in [0.15, 0.2) is 0 Å². The Labute approximate surface area is 93.5 Å². The summed E-state index contributed by atoms with van der Waals surface area (Å²) < 4.78 is 11.0. The minimum Gasteiger partial charge on any atom is -0.381 e. The van der Waals surface area contributed by atoms with Crippen LogP contribution in [0.1, 0.15) is 33.1 Å². The zero-order chi connectivity index (χ0) is 10.9. The van der Waals surface area contributed by atoms with Crippen molar-refractivity contribution in [1.82, 2.24) is 5.32 Å². The zero-order valence-corrected chi connectivity index (χ0v) is 10.1. The van der Waals surface area contributed by atoms with E-state index in [-0.39, 0.29) is 0 Å². The lowest BCUT2D eigenvalue weighted by Gasteiger charge is -2.22. The van der Waals surface area contributed by atoms with Crippen molar-refractivity contribution in [3.8, 4) is 0 Å². The van der Waals surface area contributed by atoms with Crippen LogP contribution in [-0.4, -0.2) is 39.0 Å². The summed E-state index contributed by atoms with van der Waals surface area (Å²) in [4.78, 5) is 0. The number of ether oxygens (including phenoxy) is 2. The van der Waals surface area contributed by atoms with Gasteiger partial charge in [0, 0.05) is 32.4 Å². The molecular formula is C12H25NO2. The molecule has 3 heteroatoms. The largest absolute Gasteiger partial charge is 0.381 e. The van der Waals surface area contributed by atoms with Gasteiger partial charge in [0.15, 0.2) is 0 Å². The summed E-state index contributed by atoms with van der Waals surface area (Å²) in [7, 11) is 0. The maximum absolute atomic E-state index is 5.65. The second-order valence-electron chi connectivity index (χ2n) is 4.39. The number of nitrogens with one attached hydrogen (secondary N) is 1. The summed E-state index contributed by atoms with van der Waals surface area (Å²) in [6, 6.07) is 0.608. The van der Waals surface area contributed by atoms with E-state index in [0.29, 0.717) is 6.04 Å². The molecule has 1 rings (SSSR count). The summed E-state index contributed by atoms with van der Waals surface area (Å²) in [6.45, 7) is 8.95. The third-order valence-corrected chi connectivity index (χ3v) is 3.05. The second-order valence-corrected chi connectivity index (χ2v) is 4.39. The Bertz CT molecular complexity index is 147. The molecule has 1 aliphatic heterocycles. The van der Waals surface area contributed by atoms with Crippen molar-refractivity contribution in [2.24, 2.45) is 5.92 Å². The summed E-state index contributed by atoms with van der Waals surface area (Å²) in [5.74, 6) is 0.724. The fourth-order valence-electron chi connectivity index (χ4n) is 1.68. The maximum atomic E-state index is 5.65. The average Bonchev–Trinajstić information content (AvgIpc) is 2.29. The van der Waals surface area contributed by atoms with Crippen molar-refractivity contribution in [3.05, 3.63) is 0 Å². The van der Waals surface area contributed by atoms with Crippen LogP contribution in [0, 0.1) is 5.92 Å². The fraction of sp³-hybridized carbons (Fsp3) is 1.00. The Kier molecular flexibility index (Phi) is 6.98. The monoisotopic (exact) mass is 215 g/mol. The molecule has 3 nitrogen and oxygen atoms in total. The van der Waals surface area contributed by atoms with Crippen LogP contribution < -0.4 is 5.32 Å². The lowest BCUT2D eigenvalue weighted by atomic mass is 10.0. The molecule has 0 amide bonds. The topological polar surface area (TPSA) is 30.5 Å². The van der Waals surface area contributed by atoms with Crippen LogP contribution in [-0.2, 0) is 9.47 Å². The van der Waals surface area contributed by atoms with Gasteiger partial charge >= 0.3 is 0 Å². The van der Waals surface area contributed by atoms with Crippen LogP contribution in [0.2, 0.25) is 0 Å². The third-order valence-electron chi connectivity index (χ3n) is 3.05. The van der Waals surface area contributed by atoms with Crippen LogP contribution in [0.4, 0.5) is 0 Å². The van der Waals surface area contributed by atoms with Gasteiger partial charge in [0.2, 0.25) is 0 Å². The average molecular weight is 215 g/mol. The molecule has 1 N–H and O–H groups in total. The Morgan fingerprint density at radius 1 is 1.40 bits per heavy atom. The van der Waals surface area contributed by atoms with Gasteiger partial charge in [-0.3, -0.25) is 0 Å². The molecule has 0 aliphatic carbocycles. The number of hydrogen-bond acceptors (Lipinski definition) is 3. The molecule has 0 aromatic heterocycles. The van der Waals surface area contributed by atoms with Gasteiger partial charge in [0.1, 0.15) is 0 Å². The fourth-order valence-corrected chi connectivity index (χ4v) is 1.68. The molecule has 1 heterocycles. The van der Waals surface area contributed by atoms with Gasteiger partial charge in [-0.25, -0.2) is 0 Å². The molecule has 0 saturated carbocycles. The SMILES string of the molecule is CCC(C)NCCOCC1CCOCC1. The van der Waals surface area contributed by atoms with E-state index in [2.05, 4.69) is 19.2 Å². The lowest BCUT2D eigenvalue weighted by Crippen LogP contribution is -2.29. The molecule has 1 saturated heterocycles. The van der Waals surface area contributed by atoms with E-state index >= 15 is 0 Å². The van der Waals surface area contributed by atoms with E-state index in [1.54, 1.807) is 0 Å². The van der Waals surface area contributed by atoms with E-state index in [4.69, 9.17) is 9.47 Å². The Morgan fingerprint density at radius 3 is 2.80 bits per heavy atom. The zero-order valence-electron chi connectivity index (χ0n) is 10.1. The molecule has 0 radical (unpaired) electrons. The Morgan fingerprint density at radius 2 is 2.13 bits per heavy atom. The van der Waals surface area contributed by atoms with Crippen molar-refractivity contribution < 1.29 is 9.47 Å². The van der Waals surface area contributed by atoms with Crippen molar-refractivity contribution in [2.45, 2.75) is 39.2 Å². The first-order valence-corrected chi connectivity index (χ1v) is 6.21. The van der Waals surface area contributed by atoms with Crippen molar-refractivity contribution >= 4 is 0 Å². The highest BCUT2D eigenvalue weighted by molar-refractivity contribution is 4.62. The first-order valence-electron chi connectivity index (χ1n) is 6.21. The standard InChI is InChI=1S/C12H25NO2/c1-3-11(2)13-6-9-15-10-12-4-7-14-8-5-12/h11-13H,3-10H2,1-2H3. The molecule has 1 aliphatic rings. The van der Waals surface area contributed by atoms with E-state index in [1.165, 1.54) is 19.3 Å². The molecule has 1 fully saturated rings.